The lowest BCUT2D eigenvalue weighted by atomic mass is 9.91. The van der Waals surface area contributed by atoms with Crippen molar-refractivity contribution in [1.82, 2.24) is 9.78 Å². The van der Waals surface area contributed by atoms with Crippen LogP contribution in [-0.2, 0) is 6.61 Å². The van der Waals surface area contributed by atoms with Crippen LogP contribution in [0.25, 0.3) is 5.69 Å². The molecule has 1 N–H and O–H groups in total. The van der Waals surface area contributed by atoms with Crippen LogP contribution in [0.4, 0.5) is 5.82 Å². The summed E-state index contributed by atoms with van der Waals surface area (Å²) in [6, 6.07) is 10.7. The molecule has 4 nitrogen and oxygen atoms in total. The molecule has 1 aromatic carbocycles. The van der Waals surface area contributed by atoms with E-state index < -0.39 is 0 Å². The van der Waals surface area contributed by atoms with E-state index in [2.05, 4.69) is 17.0 Å². The standard InChI is InChI=1S/C16H21N3O/c1-12-15(11-20)16(18(2)13-9-6-10-13)19(17-12)14-7-4-3-5-8-14/h3-5,7-8,13,20H,6,9-11H2,1-2H3. The normalized spacial score (nSPS) is 15.2. The molecule has 2 aromatic rings. The number of nitrogens with zero attached hydrogens (tertiary/aromatic N) is 3. The maximum atomic E-state index is 9.70. The molecular formula is C16H21N3O. The fourth-order valence-electron chi connectivity index (χ4n) is 2.79. The van der Waals surface area contributed by atoms with Gasteiger partial charge < -0.3 is 10.0 Å². The van der Waals surface area contributed by atoms with E-state index in [9.17, 15) is 5.11 Å². The Morgan fingerprint density at radius 3 is 2.55 bits per heavy atom. The molecule has 0 spiro atoms. The smallest absolute Gasteiger partial charge is 0.138 e. The van der Waals surface area contributed by atoms with Crippen molar-refractivity contribution in [2.75, 3.05) is 11.9 Å². The van der Waals surface area contributed by atoms with Crippen LogP contribution in [0, 0.1) is 6.92 Å². The second-order valence-electron chi connectivity index (χ2n) is 5.49. The molecular weight excluding hydrogens is 250 g/mol. The molecule has 4 heteroatoms. The van der Waals surface area contributed by atoms with Crippen molar-refractivity contribution >= 4 is 5.82 Å². The van der Waals surface area contributed by atoms with Crippen molar-refractivity contribution in [2.24, 2.45) is 0 Å². The van der Waals surface area contributed by atoms with Crippen molar-refractivity contribution in [3.8, 4) is 5.69 Å². The lowest BCUT2D eigenvalue weighted by Gasteiger charge is -2.36. The summed E-state index contributed by atoms with van der Waals surface area (Å²) in [6.45, 7) is 1.99. The third-order valence-electron chi connectivity index (χ3n) is 4.27. The zero-order chi connectivity index (χ0) is 14.1. The Balaban J connectivity index is 2.09. The molecule has 0 amide bonds. The number of aliphatic hydroxyl groups is 1. The van der Waals surface area contributed by atoms with E-state index >= 15 is 0 Å². The van der Waals surface area contributed by atoms with Gasteiger partial charge in [-0.2, -0.15) is 5.10 Å². The molecule has 0 radical (unpaired) electrons. The van der Waals surface area contributed by atoms with Crippen LogP contribution in [0.2, 0.25) is 0 Å². The van der Waals surface area contributed by atoms with E-state index in [1.807, 2.05) is 41.9 Å². The number of hydrogen-bond donors (Lipinski definition) is 1. The number of rotatable bonds is 4. The topological polar surface area (TPSA) is 41.3 Å². The average Bonchev–Trinajstić information content (AvgIpc) is 2.74. The molecule has 0 unspecified atom stereocenters. The summed E-state index contributed by atoms with van der Waals surface area (Å²) in [5.74, 6) is 1.03. The predicted octanol–water partition coefficient (Wildman–Crippen LogP) is 2.66. The summed E-state index contributed by atoms with van der Waals surface area (Å²) in [4.78, 5) is 2.28. The highest BCUT2D eigenvalue weighted by Gasteiger charge is 2.28. The van der Waals surface area contributed by atoms with Crippen LogP contribution in [0.15, 0.2) is 30.3 Å². The molecule has 1 heterocycles. The third-order valence-corrected chi connectivity index (χ3v) is 4.27. The Bertz CT molecular complexity index is 587. The first-order valence-electron chi connectivity index (χ1n) is 7.20. The van der Waals surface area contributed by atoms with Gasteiger partial charge in [0, 0.05) is 18.7 Å². The minimum atomic E-state index is 0.0328. The first kappa shape index (κ1) is 13.2. The van der Waals surface area contributed by atoms with Gasteiger partial charge >= 0.3 is 0 Å². The lowest BCUT2D eigenvalue weighted by molar-refractivity contribution is 0.280. The number of para-hydroxylation sites is 1. The number of anilines is 1. The maximum absolute atomic E-state index is 9.70. The molecule has 1 aliphatic rings. The monoisotopic (exact) mass is 271 g/mol. The minimum Gasteiger partial charge on any atom is -0.391 e. The number of aromatic nitrogens is 2. The molecule has 0 saturated heterocycles. The third kappa shape index (κ3) is 2.10. The Morgan fingerprint density at radius 1 is 1.30 bits per heavy atom. The lowest BCUT2D eigenvalue weighted by Crippen LogP contribution is -2.38. The number of hydrogen-bond acceptors (Lipinski definition) is 3. The van der Waals surface area contributed by atoms with Crippen LogP contribution in [0.1, 0.15) is 30.5 Å². The molecule has 1 aliphatic carbocycles. The summed E-state index contributed by atoms with van der Waals surface area (Å²) in [5, 5.41) is 14.3. The fourth-order valence-corrected chi connectivity index (χ4v) is 2.79. The first-order chi connectivity index (χ1) is 9.72. The summed E-state index contributed by atoms with van der Waals surface area (Å²) in [6.07, 6.45) is 3.74. The number of benzene rings is 1. The van der Waals surface area contributed by atoms with E-state index in [-0.39, 0.29) is 6.61 Å². The van der Waals surface area contributed by atoms with Crippen LogP contribution < -0.4 is 4.90 Å². The summed E-state index contributed by atoms with van der Waals surface area (Å²) in [7, 11) is 2.11. The molecule has 3 rings (SSSR count). The second kappa shape index (κ2) is 5.29. The van der Waals surface area contributed by atoms with Crippen LogP contribution in [0.3, 0.4) is 0 Å². The molecule has 1 saturated carbocycles. The van der Waals surface area contributed by atoms with Crippen LogP contribution in [0.5, 0.6) is 0 Å². The van der Waals surface area contributed by atoms with Gasteiger partial charge in [0.2, 0.25) is 0 Å². The van der Waals surface area contributed by atoms with Gasteiger partial charge in [-0.05, 0) is 38.3 Å². The van der Waals surface area contributed by atoms with E-state index in [1.54, 1.807) is 0 Å². The molecule has 1 fully saturated rings. The Labute approximate surface area is 119 Å². The van der Waals surface area contributed by atoms with Gasteiger partial charge in [0.25, 0.3) is 0 Å². The predicted molar refractivity (Wildman–Crippen MR) is 80.3 cm³/mol. The summed E-state index contributed by atoms with van der Waals surface area (Å²) in [5.41, 5.74) is 2.87. The number of aliphatic hydroxyl groups excluding tert-OH is 1. The van der Waals surface area contributed by atoms with Gasteiger partial charge in [-0.25, -0.2) is 4.68 Å². The quantitative estimate of drug-likeness (QED) is 0.929. The summed E-state index contributed by atoms with van der Waals surface area (Å²) < 4.78 is 1.96. The van der Waals surface area contributed by atoms with Crippen molar-refractivity contribution in [3.63, 3.8) is 0 Å². The van der Waals surface area contributed by atoms with Gasteiger partial charge in [0.15, 0.2) is 0 Å². The maximum Gasteiger partial charge on any atom is 0.138 e. The van der Waals surface area contributed by atoms with Gasteiger partial charge in [-0.1, -0.05) is 18.2 Å². The van der Waals surface area contributed by atoms with E-state index in [0.29, 0.717) is 6.04 Å². The van der Waals surface area contributed by atoms with Crippen molar-refractivity contribution in [1.29, 1.82) is 0 Å². The van der Waals surface area contributed by atoms with E-state index in [0.717, 1.165) is 22.8 Å². The Kier molecular flexibility index (Phi) is 3.49. The zero-order valence-corrected chi connectivity index (χ0v) is 12.1. The van der Waals surface area contributed by atoms with E-state index in [4.69, 9.17) is 0 Å². The van der Waals surface area contributed by atoms with Gasteiger partial charge in [-0.15, -0.1) is 0 Å². The number of aryl methyl sites for hydroxylation is 1. The second-order valence-corrected chi connectivity index (χ2v) is 5.49. The van der Waals surface area contributed by atoms with Gasteiger partial charge in [0.05, 0.1) is 18.0 Å². The van der Waals surface area contributed by atoms with Gasteiger partial charge in [0.1, 0.15) is 5.82 Å². The van der Waals surface area contributed by atoms with E-state index in [1.165, 1.54) is 19.3 Å². The van der Waals surface area contributed by atoms with Crippen LogP contribution >= 0.6 is 0 Å². The minimum absolute atomic E-state index is 0.0328. The van der Waals surface area contributed by atoms with Crippen molar-refractivity contribution in [3.05, 3.63) is 41.6 Å². The molecule has 0 atom stereocenters. The van der Waals surface area contributed by atoms with Crippen molar-refractivity contribution in [2.45, 2.75) is 38.8 Å². The Hall–Kier alpha value is -1.81. The average molecular weight is 271 g/mol. The molecule has 1 aromatic heterocycles. The highest BCUT2D eigenvalue weighted by atomic mass is 16.3. The van der Waals surface area contributed by atoms with Gasteiger partial charge in [-0.3, -0.25) is 0 Å². The molecule has 0 bridgehead atoms. The SMILES string of the molecule is Cc1nn(-c2ccccc2)c(N(C)C2CCC2)c1CO. The molecule has 0 aliphatic heterocycles. The zero-order valence-electron chi connectivity index (χ0n) is 12.1. The molecule has 106 valence electrons. The summed E-state index contributed by atoms with van der Waals surface area (Å²) >= 11 is 0. The van der Waals surface area contributed by atoms with Crippen LogP contribution in [-0.4, -0.2) is 28.0 Å². The highest BCUT2D eigenvalue weighted by Crippen LogP contribution is 2.33. The first-order valence-corrected chi connectivity index (χ1v) is 7.20. The molecule has 20 heavy (non-hydrogen) atoms. The Morgan fingerprint density at radius 2 is 2.00 bits per heavy atom. The highest BCUT2D eigenvalue weighted by molar-refractivity contribution is 5.55. The van der Waals surface area contributed by atoms with Crippen molar-refractivity contribution < 1.29 is 5.11 Å². The fraction of sp³-hybridized carbons (Fsp3) is 0.438. The largest absolute Gasteiger partial charge is 0.391 e.